The molecule has 0 amide bonds. The molecule has 98 valence electrons. The molecule has 0 aliphatic rings. The van der Waals surface area contributed by atoms with Gasteiger partial charge in [-0.1, -0.05) is 56.8 Å². The van der Waals surface area contributed by atoms with Crippen LogP contribution in [0.25, 0.3) is 6.08 Å². The summed E-state index contributed by atoms with van der Waals surface area (Å²) >= 11 is 0. The SMILES string of the molecule is C=C(C)C(=O)O.C=Cc1ccccc1CCCC. The molecule has 1 aromatic carbocycles. The Kier molecular flexibility index (Phi) is 8.29. The van der Waals surface area contributed by atoms with Crippen molar-refractivity contribution in [3.05, 3.63) is 54.1 Å². The third-order valence-corrected chi connectivity index (χ3v) is 2.44. The van der Waals surface area contributed by atoms with Crippen molar-refractivity contribution in [3.63, 3.8) is 0 Å². The van der Waals surface area contributed by atoms with Crippen molar-refractivity contribution in [2.45, 2.75) is 33.1 Å². The highest BCUT2D eigenvalue weighted by Gasteiger charge is 1.95. The van der Waals surface area contributed by atoms with Crippen LogP contribution in [0.1, 0.15) is 37.8 Å². The third-order valence-electron chi connectivity index (χ3n) is 2.44. The topological polar surface area (TPSA) is 37.3 Å². The molecule has 0 fully saturated rings. The second-order valence-electron chi connectivity index (χ2n) is 4.09. The van der Waals surface area contributed by atoms with E-state index in [-0.39, 0.29) is 5.57 Å². The summed E-state index contributed by atoms with van der Waals surface area (Å²) < 4.78 is 0. The van der Waals surface area contributed by atoms with Gasteiger partial charge < -0.3 is 5.11 Å². The molecule has 1 N–H and O–H groups in total. The lowest BCUT2D eigenvalue weighted by molar-refractivity contribution is -0.132. The third kappa shape index (κ3) is 6.69. The largest absolute Gasteiger partial charge is 0.478 e. The first-order valence-electron chi connectivity index (χ1n) is 6.12. The molecule has 2 heteroatoms. The van der Waals surface area contributed by atoms with E-state index in [9.17, 15) is 4.79 Å². The second-order valence-corrected chi connectivity index (χ2v) is 4.09. The summed E-state index contributed by atoms with van der Waals surface area (Å²) in [5, 5.41) is 7.89. The minimum atomic E-state index is -0.935. The summed E-state index contributed by atoms with van der Waals surface area (Å²) in [4.78, 5) is 9.60. The van der Waals surface area contributed by atoms with Crippen molar-refractivity contribution >= 4 is 12.0 Å². The van der Waals surface area contributed by atoms with Gasteiger partial charge in [0.1, 0.15) is 0 Å². The summed E-state index contributed by atoms with van der Waals surface area (Å²) in [5.74, 6) is -0.935. The maximum atomic E-state index is 9.60. The molecular formula is C16H22O2. The average molecular weight is 246 g/mol. The molecule has 0 bridgehead atoms. The summed E-state index contributed by atoms with van der Waals surface area (Å²) in [7, 11) is 0. The minimum absolute atomic E-state index is 0.176. The lowest BCUT2D eigenvalue weighted by Gasteiger charge is -2.03. The number of benzene rings is 1. The minimum Gasteiger partial charge on any atom is -0.478 e. The number of hydrogen-bond acceptors (Lipinski definition) is 1. The Bertz CT molecular complexity index is 393. The number of carboxylic acid groups (broad SMARTS) is 1. The Hall–Kier alpha value is -1.83. The van der Waals surface area contributed by atoms with Crippen LogP contribution in [0, 0.1) is 0 Å². The number of aryl methyl sites for hydroxylation is 1. The molecule has 0 unspecified atom stereocenters. The van der Waals surface area contributed by atoms with E-state index in [1.807, 2.05) is 6.08 Å². The molecule has 0 heterocycles. The Morgan fingerprint density at radius 1 is 1.39 bits per heavy atom. The van der Waals surface area contributed by atoms with Gasteiger partial charge in [-0.25, -0.2) is 4.79 Å². The van der Waals surface area contributed by atoms with Gasteiger partial charge in [0, 0.05) is 5.57 Å². The maximum Gasteiger partial charge on any atom is 0.330 e. The summed E-state index contributed by atoms with van der Waals surface area (Å²) in [6.45, 7) is 10.6. The zero-order chi connectivity index (χ0) is 14.0. The first-order chi connectivity index (χ1) is 8.52. The van der Waals surface area contributed by atoms with Crippen LogP contribution in [0.3, 0.4) is 0 Å². The van der Waals surface area contributed by atoms with Crippen LogP contribution in [-0.2, 0) is 11.2 Å². The fourth-order valence-electron chi connectivity index (χ4n) is 1.33. The van der Waals surface area contributed by atoms with E-state index in [1.54, 1.807) is 0 Å². The van der Waals surface area contributed by atoms with E-state index < -0.39 is 5.97 Å². The highest BCUT2D eigenvalue weighted by Crippen LogP contribution is 2.12. The summed E-state index contributed by atoms with van der Waals surface area (Å²) in [6.07, 6.45) is 5.64. The number of carboxylic acids is 1. The fraction of sp³-hybridized carbons (Fsp3) is 0.312. The lowest BCUT2D eigenvalue weighted by Crippen LogP contribution is -1.92. The van der Waals surface area contributed by atoms with Crippen molar-refractivity contribution in [2.24, 2.45) is 0 Å². The van der Waals surface area contributed by atoms with Gasteiger partial charge in [0.15, 0.2) is 0 Å². The van der Waals surface area contributed by atoms with Gasteiger partial charge in [0.25, 0.3) is 0 Å². The maximum absolute atomic E-state index is 9.60. The van der Waals surface area contributed by atoms with Crippen LogP contribution >= 0.6 is 0 Å². The quantitative estimate of drug-likeness (QED) is 0.786. The van der Waals surface area contributed by atoms with Crippen LogP contribution in [0.15, 0.2) is 43.0 Å². The molecule has 0 saturated heterocycles. The van der Waals surface area contributed by atoms with Gasteiger partial charge in [-0.2, -0.15) is 0 Å². The smallest absolute Gasteiger partial charge is 0.330 e. The highest BCUT2D eigenvalue weighted by atomic mass is 16.4. The molecule has 0 saturated carbocycles. The predicted molar refractivity (Wildman–Crippen MR) is 77.6 cm³/mol. The summed E-state index contributed by atoms with van der Waals surface area (Å²) in [5.41, 5.74) is 2.88. The van der Waals surface area contributed by atoms with Crippen LogP contribution in [-0.4, -0.2) is 11.1 Å². The molecule has 0 aliphatic carbocycles. The first-order valence-corrected chi connectivity index (χ1v) is 6.12. The van der Waals surface area contributed by atoms with Gasteiger partial charge in [0.2, 0.25) is 0 Å². The van der Waals surface area contributed by atoms with Gasteiger partial charge in [-0.3, -0.25) is 0 Å². The average Bonchev–Trinajstić information content (AvgIpc) is 2.37. The molecule has 0 aromatic heterocycles. The standard InChI is InChI=1S/C12H16.C4H6O2/c1-3-5-8-12-10-7-6-9-11(12)4-2;1-3(2)4(5)6/h4,6-7,9-10H,2-3,5,8H2,1H3;1H2,2H3,(H,5,6). The number of carbonyl (C=O) groups is 1. The van der Waals surface area contributed by atoms with Crippen molar-refractivity contribution in [3.8, 4) is 0 Å². The van der Waals surface area contributed by atoms with E-state index in [0.29, 0.717) is 0 Å². The molecule has 18 heavy (non-hydrogen) atoms. The summed E-state index contributed by atoms with van der Waals surface area (Å²) in [6, 6.07) is 8.47. The molecule has 1 aromatic rings. The zero-order valence-electron chi connectivity index (χ0n) is 11.3. The van der Waals surface area contributed by atoms with E-state index in [2.05, 4.69) is 44.3 Å². The van der Waals surface area contributed by atoms with Crippen molar-refractivity contribution in [1.29, 1.82) is 0 Å². The van der Waals surface area contributed by atoms with Crippen LogP contribution < -0.4 is 0 Å². The van der Waals surface area contributed by atoms with Crippen LogP contribution in [0.5, 0.6) is 0 Å². The van der Waals surface area contributed by atoms with Crippen molar-refractivity contribution in [1.82, 2.24) is 0 Å². The van der Waals surface area contributed by atoms with Gasteiger partial charge in [-0.15, -0.1) is 0 Å². The van der Waals surface area contributed by atoms with E-state index >= 15 is 0 Å². The predicted octanol–water partition coefficient (Wildman–Crippen LogP) is 4.32. The number of aliphatic carboxylic acids is 1. The lowest BCUT2D eigenvalue weighted by atomic mass is 10.0. The molecule has 0 spiro atoms. The molecular weight excluding hydrogens is 224 g/mol. The van der Waals surface area contributed by atoms with Gasteiger partial charge in [0.05, 0.1) is 0 Å². The van der Waals surface area contributed by atoms with Gasteiger partial charge in [-0.05, 0) is 30.9 Å². The normalized spacial score (nSPS) is 9.00. The Morgan fingerprint density at radius 2 is 1.94 bits per heavy atom. The van der Waals surface area contributed by atoms with Crippen LogP contribution in [0.2, 0.25) is 0 Å². The second kappa shape index (κ2) is 9.23. The van der Waals surface area contributed by atoms with E-state index in [0.717, 1.165) is 0 Å². The first kappa shape index (κ1) is 16.2. The Labute approximate surface area is 110 Å². The monoisotopic (exact) mass is 246 g/mol. The van der Waals surface area contributed by atoms with Crippen molar-refractivity contribution in [2.75, 3.05) is 0 Å². The number of hydrogen-bond donors (Lipinski definition) is 1. The number of unbranched alkanes of at least 4 members (excludes halogenated alkanes) is 1. The Balaban J connectivity index is 0.000000411. The molecule has 0 atom stereocenters. The zero-order valence-corrected chi connectivity index (χ0v) is 11.3. The molecule has 0 aliphatic heterocycles. The van der Waals surface area contributed by atoms with E-state index in [1.165, 1.54) is 37.3 Å². The molecule has 2 nitrogen and oxygen atoms in total. The molecule has 1 rings (SSSR count). The highest BCUT2D eigenvalue weighted by molar-refractivity contribution is 5.84. The number of rotatable bonds is 5. The fourth-order valence-corrected chi connectivity index (χ4v) is 1.33. The van der Waals surface area contributed by atoms with Crippen LogP contribution in [0.4, 0.5) is 0 Å². The molecule has 0 radical (unpaired) electrons. The van der Waals surface area contributed by atoms with Gasteiger partial charge >= 0.3 is 5.97 Å². The Morgan fingerprint density at radius 3 is 2.39 bits per heavy atom. The van der Waals surface area contributed by atoms with Crippen molar-refractivity contribution < 1.29 is 9.90 Å². The van der Waals surface area contributed by atoms with E-state index in [4.69, 9.17) is 5.11 Å².